The molecule has 0 aromatic carbocycles. The summed E-state index contributed by atoms with van der Waals surface area (Å²) in [5.41, 5.74) is 0. The van der Waals surface area contributed by atoms with E-state index >= 15 is 0 Å². The molecule has 0 bridgehead atoms. The number of hydrogen-bond acceptors (Lipinski definition) is 2. The van der Waals surface area contributed by atoms with Gasteiger partial charge in [0.15, 0.2) is 0 Å². The molecule has 0 radical (unpaired) electrons. The van der Waals surface area contributed by atoms with Crippen molar-refractivity contribution in [1.29, 1.82) is 0 Å². The molecule has 0 aromatic heterocycles. The molecule has 1 amide bonds. The Hall–Kier alpha value is -0.490. The van der Waals surface area contributed by atoms with Gasteiger partial charge in [0.25, 0.3) is 0 Å². The molecule has 2 aliphatic heterocycles. The first kappa shape index (κ1) is 16.6. The summed E-state index contributed by atoms with van der Waals surface area (Å²) in [6.07, 6.45) is -1.14. The molecule has 112 valence electrons. The van der Waals surface area contributed by atoms with Crippen LogP contribution in [0.4, 0.5) is 13.2 Å². The summed E-state index contributed by atoms with van der Waals surface area (Å²) in [6.45, 7) is 1.30. The molecule has 1 atom stereocenters. The van der Waals surface area contributed by atoms with Crippen molar-refractivity contribution in [3.8, 4) is 0 Å². The van der Waals surface area contributed by atoms with E-state index in [0.29, 0.717) is 0 Å². The lowest BCUT2D eigenvalue weighted by molar-refractivity contribution is -0.186. The average molecular weight is 301 g/mol. The monoisotopic (exact) mass is 300 g/mol. The molecule has 0 saturated carbocycles. The minimum Gasteiger partial charge on any atom is -0.341 e. The highest BCUT2D eigenvalue weighted by atomic mass is 35.5. The van der Waals surface area contributed by atoms with Crippen LogP contribution >= 0.6 is 12.4 Å². The Kier molecular flexibility index (Phi) is 5.92. The van der Waals surface area contributed by atoms with E-state index in [1.807, 2.05) is 0 Å². The number of alkyl halides is 3. The Morgan fingerprint density at radius 2 is 1.74 bits per heavy atom. The van der Waals surface area contributed by atoms with Crippen molar-refractivity contribution < 1.29 is 18.0 Å². The Labute approximate surface area is 117 Å². The third-order valence-electron chi connectivity index (χ3n) is 3.88. The standard InChI is InChI=1S/C12H19F3N2O.ClH/c13-12(14,15)9-4-7-17(8-5-9)11(18)10-3-1-2-6-16-10;/h9-10,16H,1-8H2;1H/t10-;/m0./s1. The fourth-order valence-electron chi connectivity index (χ4n) is 2.71. The normalized spacial score (nSPS) is 25.8. The Morgan fingerprint density at radius 1 is 1.11 bits per heavy atom. The predicted molar refractivity (Wildman–Crippen MR) is 68.2 cm³/mol. The molecule has 2 aliphatic rings. The van der Waals surface area contributed by atoms with E-state index in [1.54, 1.807) is 4.90 Å². The van der Waals surface area contributed by atoms with Crippen molar-refractivity contribution in [2.24, 2.45) is 5.92 Å². The lowest BCUT2D eigenvalue weighted by Gasteiger charge is -2.36. The van der Waals surface area contributed by atoms with Gasteiger partial charge >= 0.3 is 6.18 Å². The zero-order chi connectivity index (χ0) is 13.2. The summed E-state index contributed by atoms with van der Waals surface area (Å²) in [4.78, 5) is 13.7. The molecule has 19 heavy (non-hydrogen) atoms. The number of halogens is 4. The highest BCUT2D eigenvalue weighted by molar-refractivity contribution is 5.85. The molecule has 2 saturated heterocycles. The molecule has 0 aromatic rings. The summed E-state index contributed by atoms with van der Waals surface area (Å²) in [6, 6.07) is -0.179. The van der Waals surface area contributed by atoms with Gasteiger partial charge in [-0.2, -0.15) is 13.2 Å². The van der Waals surface area contributed by atoms with E-state index in [1.165, 1.54) is 0 Å². The summed E-state index contributed by atoms with van der Waals surface area (Å²) in [5.74, 6) is -1.25. The van der Waals surface area contributed by atoms with Gasteiger partial charge in [-0.25, -0.2) is 0 Å². The SMILES string of the molecule is Cl.O=C([C@@H]1CCCCN1)N1CCC(C(F)(F)F)CC1. The highest BCUT2D eigenvalue weighted by Crippen LogP contribution is 2.34. The van der Waals surface area contributed by atoms with Crippen molar-refractivity contribution >= 4 is 18.3 Å². The number of likely N-dealkylation sites (tertiary alicyclic amines) is 1. The van der Waals surface area contributed by atoms with Crippen LogP contribution in [-0.2, 0) is 4.79 Å². The maximum atomic E-state index is 12.5. The third-order valence-corrected chi connectivity index (χ3v) is 3.88. The van der Waals surface area contributed by atoms with E-state index in [4.69, 9.17) is 0 Å². The van der Waals surface area contributed by atoms with Crippen molar-refractivity contribution in [1.82, 2.24) is 10.2 Å². The second-order valence-electron chi connectivity index (χ2n) is 5.14. The van der Waals surface area contributed by atoms with E-state index in [9.17, 15) is 18.0 Å². The van der Waals surface area contributed by atoms with Gasteiger partial charge in [0.2, 0.25) is 5.91 Å². The second kappa shape index (κ2) is 6.79. The molecule has 2 rings (SSSR count). The zero-order valence-electron chi connectivity index (χ0n) is 10.7. The van der Waals surface area contributed by atoms with Crippen molar-refractivity contribution in [2.45, 2.75) is 44.3 Å². The molecule has 0 unspecified atom stereocenters. The van der Waals surface area contributed by atoms with Gasteiger partial charge in [0, 0.05) is 13.1 Å². The topological polar surface area (TPSA) is 32.3 Å². The van der Waals surface area contributed by atoms with Crippen LogP contribution in [0.5, 0.6) is 0 Å². The van der Waals surface area contributed by atoms with Gasteiger partial charge in [0.05, 0.1) is 12.0 Å². The maximum Gasteiger partial charge on any atom is 0.391 e. The highest BCUT2D eigenvalue weighted by Gasteiger charge is 2.42. The van der Waals surface area contributed by atoms with Crippen LogP contribution < -0.4 is 5.32 Å². The van der Waals surface area contributed by atoms with Gasteiger partial charge in [-0.1, -0.05) is 6.42 Å². The fraction of sp³-hybridized carbons (Fsp3) is 0.917. The molecule has 3 nitrogen and oxygen atoms in total. The molecular weight excluding hydrogens is 281 g/mol. The van der Waals surface area contributed by atoms with Crippen LogP contribution in [0, 0.1) is 5.92 Å². The van der Waals surface area contributed by atoms with Crippen LogP contribution in [0.25, 0.3) is 0 Å². The Morgan fingerprint density at radius 3 is 2.21 bits per heavy atom. The van der Waals surface area contributed by atoms with Crippen LogP contribution in [0.1, 0.15) is 32.1 Å². The minimum absolute atomic E-state index is 0. The quantitative estimate of drug-likeness (QED) is 0.806. The number of rotatable bonds is 1. The first-order valence-electron chi connectivity index (χ1n) is 6.57. The lowest BCUT2D eigenvalue weighted by Crippen LogP contribution is -2.51. The minimum atomic E-state index is -4.11. The number of amides is 1. The summed E-state index contributed by atoms with van der Waals surface area (Å²) < 4.78 is 37.5. The Bertz CT molecular complexity index is 298. The number of hydrogen-bond donors (Lipinski definition) is 1. The van der Waals surface area contributed by atoms with Crippen LogP contribution in [-0.4, -0.2) is 42.7 Å². The summed E-state index contributed by atoms with van der Waals surface area (Å²) >= 11 is 0. The molecule has 2 heterocycles. The van der Waals surface area contributed by atoms with Crippen molar-refractivity contribution in [2.75, 3.05) is 19.6 Å². The zero-order valence-corrected chi connectivity index (χ0v) is 11.5. The van der Waals surface area contributed by atoms with E-state index in [-0.39, 0.29) is 50.3 Å². The molecule has 1 N–H and O–H groups in total. The first-order chi connectivity index (χ1) is 8.48. The first-order valence-corrected chi connectivity index (χ1v) is 6.57. The molecule has 0 spiro atoms. The molecule has 2 fully saturated rings. The van der Waals surface area contributed by atoms with Crippen LogP contribution in [0.2, 0.25) is 0 Å². The Balaban J connectivity index is 0.00000180. The van der Waals surface area contributed by atoms with Gasteiger partial charge < -0.3 is 10.2 Å². The van der Waals surface area contributed by atoms with E-state index < -0.39 is 12.1 Å². The average Bonchev–Trinajstić information content (AvgIpc) is 2.38. The molecular formula is C12H20ClF3N2O. The van der Waals surface area contributed by atoms with E-state index in [0.717, 1.165) is 25.8 Å². The maximum absolute atomic E-state index is 12.5. The third kappa shape index (κ3) is 4.24. The van der Waals surface area contributed by atoms with Gasteiger partial charge in [-0.15, -0.1) is 12.4 Å². The molecule has 0 aliphatic carbocycles. The van der Waals surface area contributed by atoms with Gasteiger partial charge in [-0.3, -0.25) is 4.79 Å². The molecule has 7 heteroatoms. The van der Waals surface area contributed by atoms with Gasteiger partial charge in [-0.05, 0) is 32.2 Å². The number of nitrogens with zero attached hydrogens (tertiary/aromatic N) is 1. The predicted octanol–water partition coefficient (Wildman–Crippen LogP) is 2.35. The largest absolute Gasteiger partial charge is 0.391 e. The van der Waals surface area contributed by atoms with Gasteiger partial charge in [0.1, 0.15) is 0 Å². The van der Waals surface area contributed by atoms with Crippen LogP contribution in [0.15, 0.2) is 0 Å². The van der Waals surface area contributed by atoms with Crippen LogP contribution in [0.3, 0.4) is 0 Å². The fourth-order valence-corrected chi connectivity index (χ4v) is 2.71. The number of nitrogens with one attached hydrogen (secondary N) is 1. The van der Waals surface area contributed by atoms with Crippen molar-refractivity contribution in [3.63, 3.8) is 0 Å². The van der Waals surface area contributed by atoms with E-state index in [2.05, 4.69) is 5.32 Å². The second-order valence-corrected chi connectivity index (χ2v) is 5.14. The lowest BCUT2D eigenvalue weighted by atomic mass is 9.95. The smallest absolute Gasteiger partial charge is 0.341 e. The number of carbonyl (C=O) groups is 1. The number of piperidine rings is 2. The summed E-state index contributed by atoms with van der Waals surface area (Å²) in [5, 5.41) is 3.14. The summed E-state index contributed by atoms with van der Waals surface area (Å²) in [7, 11) is 0. The number of carbonyl (C=O) groups excluding carboxylic acids is 1. The van der Waals surface area contributed by atoms with Crippen molar-refractivity contribution in [3.05, 3.63) is 0 Å².